The van der Waals surface area contributed by atoms with Crippen LogP contribution in [0.15, 0.2) is 53.4 Å². The number of aryl methyl sites for hydroxylation is 1. The molecular formula is C15H14ClNO4S. The van der Waals surface area contributed by atoms with Crippen LogP contribution in [-0.2, 0) is 10.0 Å². The highest BCUT2D eigenvalue weighted by atomic mass is 35.5. The van der Waals surface area contributed by atoms with Gasteiger partial charge < -0.3 is 4.74 Å². The van der Waals surface area contributed by atoms with Crippen LogP contribution in [-0.4, -0.2) is 25.9 Å². The Bertz CT molecular complexity index is 770. The molecule has 2 aromatic rings. The molecule has 2 aromatic carbocycles. The number of hydrogen-bond donors (Lipinski definition) is 0. The lowest BCUT2D eigenvalue weighted by molar-refractivity contribution is 0.184. The van der Waals surface area contributed by atoms with E-state index in [4.69, 9.17) is 16.3 Å². The number of rotatable bonds is 3. The van der Waals surface area contributed by atoms with Gasteiger partial charge in [0.1, 0.15) is 5.75 Å². The fourth-order valence-corrected chi connectivity index (χ4v) is 2.79. The van der Waals surface area contributed by atoms with E-state index in [9.17, 15) is 13.2 Å². The van der Waals surface area contributed by atoms with Crippen LogP contribution in [0, 0.1) is 6.92 Å². The molecule has 0 unspecified atom stereocenters. The third kappa shape index (κ3) is 3.58. The lowest BCUT2D eigenvalue weighted by Gasteiger charge is -2.17. The SMILES string of the molecule is Cc1ccc(S(=O)(=O)N(C)C(=O)Oc2ccc(Cl)cc2)cc1. The van der Waals surface area contributed by atoms with Crippen molar-refractivity contribution in [3.63, 3.8) is 0 Å². The van der Waals surface area contributed by atoms with Gasteiger partial charge in [-0.05, 0) is 43.3 Å². The number of ether oxygens (including phenoxy) is 1. The van der Waals surface area contributed by atoms with E-state index >= 15 is 0 Å². The van der Waals surface area contributed by atoms with Crippen molar-refractivity contribution in [2.24, 2.45) is 0 Å². The van der Waals surface area contributed by atoms with E-state index in [1.54, 1.807) is 24.3 Å². The van der Waals surface area contributed by atoms with Gasteiger partial charge in [-0.1, -0.05) is 29.3 Å². The molecule has 0 bridgehead atoms. The second-order valence-corrected chi connectivity index (χ2v) is 7.01. The number of carbonyl (C=O) groups is 1. The zero-order chi connectivity index (χ0) is 16.3. The molecule has 1 amide bonds. The van der Waals surface area contributed by atoms with Gasteiger partial charge in [-0.2, -0.15) is 0 Å². The summed E-state index contributed by atoms with van der Waals surface area (Å²) >= 11 is 5.73. The average molecular weight is 340 g/mol. The highest BCUT2D eigenvalue weighted by Crippen LogP contribution is 2.19. The van der Waals surface area contributed by atoms with E-state index in [1.165, 1.54) is 24.3 Å². The maximum Gasteiger partial charge on any atom is 0.429 e. The molecule has 0 aliphatic carbocycles. The Labute approximate surface area is 134 Å². The van der Waals surface area contributed by atoms with E-state index in [-0.39, 0.29) is 10.6 Å². The predicted molar refractivity (Wildman–Crippen MR) is 83.6 cm³/mol. The first-order valence-corrected chi connectivity index (χ1v) is 8.15. The quantitative estimate of drug-likeness (QED) is 0.859. The molecule has 0 atom stereocenters. The second-order valence-electron chi connectivity index (χ2n) is 4.61. The monoisotopic (exact) mass is 339 g/mol. The Balaban J connectivity index is 2.18. The van der Waals surface area contributed by atoms with Crippen molar-refractivity contribution in [3.05, 3.63) is 59.1 Å². The Morgan fingerprint density at radius 3 is 2.14 bits per heavy atom. The van der Waals surface area contributed by atoms with Gasteiger partial charge in [0.05, 0.1) is 4.90 Å². The average Bonchev–Trinajstić information content (AvgIpc) is 2.49. The number of benzene rings is 2. The molecule has 0 radical (unpaired) electrons. The van der Waals surface area contributed by atoms with Gasteiger partial charge in [-0.25, -0.2) is 17.5 Å². The van der Waals surface area contributed by atoms with Crippen molar-refractivity contribution in [2.75, 3.05) is 7.05 Å². The molecule has 0 aliphatic heterocycles. The van der Waals surface area contributed by atoms with Crippen LogP contribution < -0.4 is 4.74 Å². The molecule has 5 nitrogen and oxygen atoms in total. The van der Waals surface area contributed by atoms with Crippen LogP contribution in [0.3, 0.4) is 0 Å². The number of sulfonamides is 1. The van der Waals surface area contributed by atoms with Crippen molar-refractivity contribution >= 4 is 27.7 Å². The number of amides is 1. The van der Waals surface area contributed by atoms with Gasteiger partial charge >= 0.3 is 6.09 Å². The first-order chi connectivity index (χ1) is 10.3. The Hall–Kier alpha value is -2.05. The highest BCUT2D eigenvalue weighted by molar-refractivity contribution is 7.89. The third-order valence-electron chi connectivity index (χ3n) is 2.96. The minimum atomic E-state index is -3.95. The molecule has 7 heteroatoms. The van der Waals surface area contributed by atoms with Crippen molar-refractivity contribution in [2.45, 2.75) is 11.8 Å². The predicted octanol–water partition coefficient (Wildman–Crippen LogP) is 3.47. The van der Waals surface area contributed by atoms with E-state index in [1.807, 2.05) is 6.92 Å². The third-order valence-corrected chi connectivity index (χ3v) is 4.95. The largest absolute Gasteiger partial charge is 0.429 e. The fraction of sp³-hybridized carbons (Fsp3) is 0.133. The van der Waals surface area contributed by atoms with Crippen LogP contribution in [0.4, 0.5) is 4.79 Å². The van der Waals surface area contributed by atoms with Crippen LogP contribution in [0.5, 0.6) is 5.75 Å². The summed E-state index contributed by atoms with van der Waals surface area (Å²) in [7, 11) is -2.80. The highest BCUT2D eigenvalue weighted by Gasteiger charge is 2.27. The smallest absolute Gasteiger partial charge is 0.409 e. The van der Waals surface area contributed by atoms with Crippen molar-refractivity contribution in [1.82, 2.24) is 4.31 Å². The maximum atomic E-state index is 12.3. The Morgan fingerprint density at radius 1 is 1.05 bits per heavy atom. The molecule has 0 aliphatic rings. The second kappa shape index (κ2) is 6.37. The topological polar surface area (TPSA) is 63.7 Å². The molecule has 0 spiro atoms. The van der Waals surface area contributed by atoms with Gasteiger partial charge in [-0.3, -0.25) is 0 Å². The van der Waals surface area contributed by atoms with Crippen molar-refractivity contribution in [3.8, 4) is 5.75 Å². The standard InChI is InChI=1S/C15H14ClNO4S/c1-11-3-9-14(10-4-11)22(19,20)17(2)15(18)21-13-7-5-12(16)6-8-13/h3-10H,1-2H3. The molecular weight excluding hydrogens is 326 g/mol. The first kappa shape index (κ1) is 16.3. The van der Waals surface area contributed by atoms with Gasteiger partial charge in [-0.15, -0.1) is 0 Å². The van der Waals surface area contributed by atoms with Gasteiger partial charge in [0.25, 0.3) is 10.0 Å². The van der Waals surface area contributed by atoms with E-state index in [0.29, 0.717) is 9.33 Å². The summed E-state index contributed by atoms with van der Waals surface area (Å²) in [6.45, 7) is 1.84. The molecule has 116 valence electrons. The van der Waals surface area contributed by atoms with E-state index in [0.717, 1.165) is 12.6 Å². The van der Waals surface area contributed by atoms with Crippen molar-refractivity contribution in [1.29, 1.82) is 0 Å². The molecule has 0 aromatic heterocycles. The Morgan fingerprint density at radius 2 is 1.59 bits per heavy atom. The maximum absolute atomic E-state index is 12.3. The van der Waals surface area contributed by atoms with Crippen LogP contribution in [0.2, 0.25) is 5.02 Å². The zero-order valence-electron chi connectivity index (χ0n) is 12.0. The van der Waals surface area contributed by atoms with Gasteiger partial charge in [0.2, 0.25) is 0 Å². The minimum absolute atomic E-state index is 0.0219. The molecule has 0 fully saturated rings. The summed E-state index contributed by atoms with van der Waals surface area (Å²) in [5.41, 5.74) is 0.922. The normalized spacial score (nSPS) is 11.0. The number of hydrogen-bond acceptors (Lipinski definition) is 4. The fourth-order valence-electron chi connectivity index (χ4n) is 1.63. The van der Waals surface area contributed by atoms with Crippen LogP contribution in [0.25, 0.3) is 0 Å². The summed E-state index contributed by atoms with van der Waals surface area (Å²) in [5, 5.41) is 0.487. The van der Waals surface area contributed by atoms with Gasteiger partial charge in [0, 0.05) is 12.1 Å². The van der Waals surface area contributed by atoms with E-state index < -0.39 is 16.1 Å². The molecule has 22 heavy (non-hydrogen) atoms. The molecule has 2 rings (SSSR count). The molecule has 0 saturated heterocycles. The minimum Gasteiger partial charge on any atom is -0.409 e. The summed E-state index contributed by atoms with van der Waals surface area (Å²) in [6.07, 6.45) is -0.997. The summed E-state index contributed by atoms with van der Waals surface area (Å²) < 4.78 is 30.2. The van der Waals surface area contributed by atoms with Crippen LogP contribution >= 0.6 is 11.6 Å². The summed E-state index contributed by atoms with van der Waals surface area (Å²) in [4.78, 5) is 12.0. The molecule has 0 saturated carbocycles. The number of halogens is 1. The lowest BCUT2D eigenvalue weighted by atomic mass is 10.2. The molecule has 0 heterocycles. The van der Waals surface area contributed by atoms with E-state index in [2.05, 4.69) is 0 Å². The Kier molecular flexibility index (Phi) is 4.73. The summed E-state index contributed by atoms with van der Waals surface area (Å²) in [5.74, 6) is 0.209. The van der Waals surface area contributed by atoms with Gasteiger partial charge in [0.15, 0.2) is 0 Å². The lowest BCUT2D eigenvalue weighted by Crippen LogP contribution is -2.35. The number of carbonyl (C=O) groups excluding carboxylic acids is 1. The first-order valence-electron chi connectivity index (χ1n) is 6.33. The summed E-state index contributed by atoms with van der Waals surface area (Å²) in [6, 6.07) is 12.2. The zero-order valence-corrected chi connectivity index (χ0v) is 13.6. The van der Waals surface area contributed by atoms with Crippen LogP contribution in [0.1, 0.15) is 5.56 Å². The number of nitrogens with zero attached hydrogens (tertiary/aromatic N) is 1. The molecule has 0 N–H and O–H groups in total. The van der Waals surface area contributed by atoms with Crippen molar-refractivity contribution < 1.29 is 17.9 Å².